The highest BCUT2D eigenvalue weighted by Crippen LogP contribution is 2.14. The predicted molar refractivity (Wildman–Crippen MR) is 108 cm³/mol. The molecule has 0 spiro atoms. The Labute approximate surface area is 161 Å². The van der Waals surface area contributed by atoms with Crippen molar-refractivity contribution in [2.75, 3.05) is 19.7 Å². The maximum Gasteiger partial charge on any atom is 0.306 e. The Kier molecular flexibility index (Phi) is 14.9. The van der Waals surface area contributed by atoms with Crippen molar-refractivity contribution in [3.05, 3.63) is 0 Å². The molecule has 4 heteroatoms. The molecule has 1 rings (SSSR count). The number of esters is 1. The zero-order valence-corrected chi connectivity index (χ0v) is 17.4. The number of carbonyl (C=O) groups is 1. The van der Waals surface area contributed by atoms with Crippen molar-refractivity contribution in [1.82, 2.24) is 5.32 Å². The number of ether oxygens (including phenoxy) is 2. The van der Waals surface area contributed by atoms with Gasteiger partial charge in [-0.1, -0.05) is 84.0 Å². The van der Waals surface area contributed by atoms with Gasteiger partial charge in [-0.15, -0.1) is 0 Å². The van der Waals surface area contributed by atoms with Gasteiger partial charge < -0.3 is 14.8 Å². The molecule has 1 aliphatic heterocycles. The van der Waals surface area contributed by atoms with E-state index >= 15 is 0 Å². The van der Waals surface area contributed by atoms with Gasteiger partial charge in [0.1, 0.15) is 12.2 Å². The first-order valence-electron chi connectivity index (χ1n) is 11.3. The van der Waals surface area contributed by atoms with E-state index in [1.807, 2.05) is 6.92 Å². The van der Waals surface area contributed by atoms with Crippen molar-refractivity contribution in [1.29, 1.82) is 0 Å². The highest BCUT2D eigenvalue weighted by molar-refractivity contribution is 5.69. The average molecular weight is 370 g/mol. The topological polar surface area (TPSA) is 47.6 Å². The second kappa shape index (κ2) is 16.6. The molecule has 0 amide bonds. The fourth-order valence-electron chi connectivity index (χ4n) is 3.52. The highest BCUT2D eigenvalue weighted by atomic mass is 16.6. The van der Waals surface area contributed by atoms with Gasteiger partial charge in [-0.25, -0.2) is 0 Å². The molecule has 0 aromatic carbocycles. The molecular weight excluding hydrogens is 326 g/mol. The second-order valence-corrected chi connectivity index (χ2v) is 7.80. The lowest BCUT2D eigenvalue weighted by Gasteiger charge is -2.28. The van der Waals surface area contributed by atoms with E-state index < -0.39 is 0 Å². The quantitative estimate of drug-likeness (QED) is 0.293. The molecule has 2 unspecified atom stereocenters. The summed E-state index contributed by atoms with van der Waals surface area (Å²) in [5.41, 5.74) is 0. The second-order valence-electron chi connectivity index (χ2n) is 7.80. The van der Waals surface area contributed by atoms with Crippen molar-refractivity contribution in [3.63, 3.8) is 0 Å². The third-order valence-corrected chi connectivity index (χ3v) is 5.28. The van der Waals surface area contributed by atoms with Gasteiger partial charge in [0.2, 0.25) is 0 Å². The molecule has 1 N–H and O–H groups in total. The Morgan fingerprint density at radius 2 is 1.50 bits per heavy atom. The Morgan fingerprint density at radius 1 is 0.962 bits per heavy atom. The van der Waals surface area contributed by atoms with E-state index in [2.05, 4.69) is 12.2 Å². The van der Waals surface area contributed by atoms with Crippen LogP contribution in [0.5, 0.6) is 0 Å². The molecule has 2 atom stereocenters. The molecule has 1 heterocycles. The molecule has 26 heavy (non-hydrogen) atoms. The van der Waals surface area contributed by atoms with Crippen LogP contribution in [-0.2, 0) is 14.3 Å². The molecular formula is C22H43NO3. The van der Waals surface area contributed by atoms with E-state index in [-0.39, 0.29) is 18.2 Å². The monoisotopic (exact) mass is 369 g/mol. The van der Waals surface area contributed by atoms with E-state index in [0.717, 1.165) is 25.9 Å². The van der Waals surface area contributed by atoms with Crippen molar-refractivity contribution < 1.29 is 14.3 Å². The Bertz CT molecular complexity index is 329. The Morgan fingerprint density at radius 3 is 2.00 bits per heavy atom. The third-order valence-electron chi connectivity index (χ3n) is 5.28. The average Bonchev–Trinajstić information content (AvgIpc) is 2.66. The molecule has 0 bridgehead atoms. The van der Waals surface area contributed by atoms with Crippen molar-refractivity contribution in [2.24, 2.45) is 0 Å². The minimum absolute atomic E-state index is 0.000607. The minimum atomic E-state index is -0.155. The lowest BCUT2D eigenvalue weighted by molar-refractivity contribution is -0.157. The highest BCUT2D eigenvalue weighted by Gasteiger charge is 2.23. The molecule has 0 aromatic rings. The van der Waals surface area contributed by atoms with Crippen LogP contribution in [0.15, 0.2) is 0 Å². The largest absolute Gasteiger partial charge is 0.460 e. The number of carbonyl (C=O) groups excluding carboxylic acids is 1. The van der Waals surface area contributed by atoms with Crippen LogP contribution in [0.2, 0.25) is 0 Å². The van der Waals surface area contributed by atoms with Gasteiger partial charge in [-0.05, 0) is 13.3 Å². The maximum absolute atomic E-state index is 11.9. The molecule has 154 valence electrons. The summed E-state index contributed by atoms with van der Waals surface area (Å²) < 4.78 is 11.1. The number of nitrogens with one attached hydrogen (secondary N) is 1. The summed E-state index contributed by atoms with van der Waals surface area (Å²) >= 11 is 0. The van der Waals surface area contributed by atoms with Crippen LogP contribution in [0, 0.1) is 0 Å². The first kappa shape index (κ1) is 23.4. The molecule has 4 nitrogen and oxygen atoms in total. The number of rotatable bonds is 16. The van der Waals surface area contributed by atoms with Gasteiger partial charge in [0.15, 0.2) is 0 Å². The summed E-state index contributed by atoms with van der Waals surface area (Å²) in [5.74, 6) is -0.0743. The zero-order valence-electron chi connectivity index (χ0n) is 17.4. The summed E-state index contributed by atoms with van der Waals surface area (Å²) in [6.45, 7) is 6.56. The van der Waals surface area contributed by atoms with Gasteiger partial charge in [0, 0.05) is 19.5 Å². The van der Waals surface area contributed by atoms with Crippen LogP contribution in [0.4, 0.5) is 0 Å². The summed E-state index contributed by atoms with van der Waals surface area (Å²) in [6, 6.07) is 0. The van der Waals surface area contributed by atoms with Gasteiger partial charge in [0.05, 0.1) is 6.61 Å². The van der Waals surface area contributed by atoms with Gasteiger partial charge in [-0.2, -0.15) is 0 Å². The number of hydrogen-bond acceptors (Lipinski definition) is 4. The first-order valence-corrected chi connectivity index (χ1v) is 11.3. The number of morpholine rings is 1. The van der Waals surface area contributed by atoms with E-state index in [0.29, 0.717) is 13.0 Å². The van der Waals surface area contributed by atoms with E-state index in [4.69, 9.17) is 9.47 Å². The maximum atomic E-state index is 11.9. The molecule has 0 radical (unpaired) electrons. The number of hydrogen-bond donors (Lipinski definition) is 1. The van der Waals surface area contributed by atoms with Crippen LogP contribution >= 0.6 is 0 Å². The molecule has 1 fully saturated rings. The van der Waals surface area contributed by atoms with Crippen LogP contribution in [0.3, 0.4) is 0 Å². The van der Waals surface area contributed by atoms with Crippen molar-refractivity contribution >= 4 is 5.97 Å². The Hall–Kier alpha value is -0.610. The smallest absolute Gasteiger partial charge is 0.306 e. The normalized spacial score (nSPS) is 18.6. The number of unbranched alkanes of at least 4 members (excludes halogenated alkanes) is 12. The molecule has 1 saturated heterocycles. The van der Waals surface area contributed by atoms with E-state index in [1.165, 1.54) is 70.6 Å². The standard InChI is InChI=1S/C22H43NO3/c1-3-4-5-6-7-8-9-10-11-12-13-14-15-16-22(24)26-20(2)21-19-23-17-18-25-21/h20-21,23H,3-19H2,1-2H3. The Balaban J connectivity index is 1.82. The van der Waals surface area contributed by atoms with Gasteiger partial charge >= 0.3 is 5.97 Å². The fourth-order valence-corrected chi connectivity index (χ4v) is 3.52. The van der Waals surface area contributed by atoms with Crippen LogP contribution in [-0.4, -0.2) is 37.9 Å². The third kappa shape index (κ3) is 12.7. The van der Waals surface area contributed by atoms with E-state index in [9.17, 15) is 4.79 Å². The predicted octanol–water partition coefficient (Wildman–Crippen LogP) is 5.39. The lowest BCUT2D eigenvalue weighted by Crippen LogP contribution is -2.45. The van der Waals surface area contributed by atoms with Crippen LogP contribution < -0.4 is 5.32 Å². The first-order chi connectivity index (χ1) is 12.7. The van der Waals surface area contributed by atoms with E-state index in [1.54, 1.807) is 0 Å². The summed E-state index contributed by atoms with van der Waals surface area (Å²) in [7, 11) is 0. The summed E-state index contributed by atoms with van der Waals surface area (Å²) in [4.78, 5) is 11.9. The van der Waals surface area contributed by atoms with Crippen LogP contribution in [0.1, 0.15) is 104 Å². The minimum Gasteiger partial charge on any atom is -0.460 e. The van der Waals surface area contributed by atoms with Crippen molar-refractivity contribution in [3.8, 4) is 0 Å². The molecule has 1 aliphatic rings. The fraction of sp³-hybridized carbons (Fsp3) is 0.955. The molecule has 0 aliphatic carbocycles. The van der Waals surface area contributed by atoms with Crippen molar-refractivity contribution in [2.45, 2.75) is 116 Å². The van der Waals surface area contributed by atoms with Gasteiger partial charge in [-0.3, -0.25) is 4.79 Å². The lowest BCUT2D eigenvalue weighted by atomic mass is 10.0. The summed E-state index contributed by atoms with van der Waals surface area (Å²) in [5, 5.41) is 3.27. The van der Waals surface area contributed by atoms with Crippen LogP contribution in [0.25, 0.3) is 0 Å². The summed E-state index contributed by atoms with van der Waals surface area (Å²) in [6.07, 6.45) is 17.6. The van der Waals surface area contributed by atoms with Gasteiger partial charge in [0.25, 0.3) is 0 Å². The zero-order chi connectivity index (χ0) is 18.9. The SMILES string of the molecule is CCCCCCCCCCCCCCCC(=O)OC(C)C1CNCCO1. The molecule has 0 aromatic heterocycles. The molecule has 0 saturated carbocycles.